The molecular weight excluding hydrogens is 302 g/mol. The summed E-state index contributed by atoms with van der Waals surface area (Å²) in [6.07, 6.45) is 0. The Morgan fingerprint density at radius 1 is 0.600 bits per heavy atom. The molecule has 0 aromatic heterocycles. The van der Waals surface area contributed by atoms with Crippen molar-refractivity contribution in [1.82, 2.24) is 0 Å². The van der Waals surface area contributed by atoms with Crippen LogP contribution in [-0.4, -0.2) is 0 Å². The quantitative estimate of drug-likeness (QED) is 0.516. The summed E-state index contributed by atoms with van der Waals surface area (Å²) in [6, 6.07) is 25.8. The van der Waals surface area contributed by atoms with E-state index in [2.05, 4.69) is 106 Å². The van der Waals surface area contributed by atoms with Gasteiger partial charge in [-0.3, -0.25) is 0 Å². The molecule has 0 aliphatic carbocycles. The number of rotatable bonds is 5. The van der Waals surface area contributed by atoms with Gasteiger partial charge in [0.1, 0.15) is 0 Å². The Morgan fingerprint density at radius 3 is 1.76 bits per heavy atom. The van der Waals surface area contributed by atoms with Gasteiger partial charge in [-0.1, -0.05) is 94.4 Å². The van der Waals surface area contributed by atoms with Crippen LogP contribution in [-0.2, 0) is 0 Å². The number of anilines is 2. The minimum absolute atomic E-state index is 0.477. The van der Waals surface area contributed by atoms with Crippen molar-refractivity contribution in [2.45, 2.75) is 39.5 Å². The molecule has 3 rings (SSSR count). The van der Waals surface area contributed by atoms with Gasteiger partial charge in [0.25, 0.3) is 0 Å². The topological polar surface area (TPSA) is 12.0 Å². The third kappa shape index (κ3) is 3.76. The maximum atomic E-state index is 3.77. The van der Waals surface area contributed by atoms with Crippen LogP contribution in [0, 0.1) is 0 Å². The van der Waals surface area contributed by atoms with Crippen LogP contribution in [0.2, 0.25) is 0 Å². The van der Waals surface area contributed by atoms with Gasteiger partial charge in [-0.15, -0.1) is 0 Å². The van der Waals surface area contributed by atoms with Crippen molar-refractivity contribution < 1.29 is 0 Å². The molecule has 3 aromatic carbocycles. The van der Waals surface area contributed by atoms with Crippen LogP contribution in [0.5, 0.6) is 0 Å². The summed E-state index contributed by atoms with van der Waals surface area (Å²) in [6.45, 7) is 9.03. The van der Waals surface area contributed by atoms with Gasteiger partial charge >= 0.3 is 0 Å². The van der Waals surface area contributed by atoms with Crippen LogP contribution in [0.3, 0.4) is 0 Å². The number of para-hydroxylation sites is 2. The zero-order valence-corrected chi connectivity index (χ0v) is 15.6. The molecule has 0 amide bonds. The van der Waals surface area contributed by atoms with Crippen molar-refractivity contribution in [3.8, 4) is 11.1 Å². The lowest BCUT2D eigenvalue weighted by atomic mass is 9.92. The van der Waals surface area contributed by atoms with E-state index in [0.717, 1.165) is 5.69 Å². The van der Waals surface area contributed by atoms with Crippen LogP contribution >= 0.6 is 0 Å². The molecule has 0 unspecified atom stereocenters. The van der Waals surface area contributed by atoms with E-state index in [1.807, 2.05) is 0 Å². The maximum Gasteiger partial charge on any atom is 0.0464 e. The van der Waals surface area contributed by atoms with Crippen LogP contribution in [0.15, 0.2) is 72.8 Å². The van der Waals surface area contributed by atoms with Gasteiger partial charge in [0, 0.05) is 16.9 Å². The van der Waals surface area contributed by atoms with E-state index in [1.54, 1.807) is 0 Å². The van der Waals surface area contributed by atoms with E-state index in [0.29, 0.717) is 11.8 Å². The van der Waals surface area contributed by atoms with Gasteiger partial charge in [0.2, 0.25) is 0 Å². The molecule has 1 heteroatoms. The molecule has 0 saturated heterocycles. The summed E-state index contributed by atoms with van der Waals surface area (Å²) < 4.78 is 0. The van der Waals surface area contributed by atoms with E-state index in [1.165, 1.54) is 27.9 Å². The number of hydrogen-bond donors (Lipinski definition) is 1. The van der Waals surface area contributed by atoms with Crippen molar-refractivity contribution in [2.75, 3.05) is 5.32 Å². The Balaban J connectivity index is 2.10. The molecule has 25 heavy (non-hydrogen) atoms. The van der Waals surface area contributed by atoms with E-state index in [-0.39, 0.29) is 0 Å². The zero-order chi connectivity index (χ0) is 17.8. The first-order valence-electron chi connectivity index (χ1n) is 9.12. The summed E-state index contributed by atoms with van der Waals surface area (Å²) >= 11 is 0. The predicted molar refractivity (Wildman–Crippen MR) is 110 cm³/mol. The maximum absolute atomic E-state index is 3.77. The second-order valence-corrected chi connectivity index (χ2v) is 7.16. The summed E-state index contributed by atoms with van der Waals surface area (Å²) in [4.78, 5) is 0. The van der Waals surface area contributed by atoms with Gasteiger partial charge in [0.15, 0.2) is 0 Å². The van der Waals surface area contributed by atoms with Crippen LogP contribution in [0.25, 0.3) is 11.1 Å². The summed E-state index contributed by atoms with van der Waals surface area (Å²) in [5, 5.41) is 3.77. The van der Waals surface area contributed by atoms with Gasteiger partial charge in [-0.25, -0.2) is 0 Å². The Morgan fingerprint density at radius 2 is 1.16 bits per heavy atom. The average Bonchev–Trinajstić information content (AvgIpc) is 2.62. The largest absolute Gasteiger partial charge is 0.355 e. The van der Waals surface area contributed by atoms with Crippen LogP contribution in [0.1, 0.15) is 50.7 Å². The van der Waals surface area contributed by atoms with Crippen molar-refractivity contribution in [3.63, 3.8) is 0 Å². The Labute approximate surface area is 151 Å². The van der Waals surface area contributed by atoms with Gasteiger partial charge in [0.05, 0.1) is 0 Å². The molecule has 0 heterocycles. The molecule has 1 N–H and O–H groups in total. The molecule has 128 valence electrons. The molecule has 0 atom stereocenters. The third-order valence-electron chi connectivity index (χ3n) is 4.64. The zero-order valence-electron chi connectivity index (χ0n) is 15.6. The lowest BCUT2D eigenvalue weighted by Gasteiger charge is -2.22. The second kappa shape index (κ2) is 7.57. The van der Waals surface area contributed by atoms with E-state index < -0.39 is 0 Å². The van der Waals surface area contributed by atoms with Crippen molar-refractivity contribution >= 4 is 11.4 Å². The van der Waals surface area contributed by atoms with Gasteiger partial charge in [-0.2, -0.15) is 0 Å². The SMILES string of the molecule is CC(C)c1cccc(C(C)C)c1Nc1ccccc1-c1ccccc1. The van der Waals surface area contributed by atoms with Gasteiger partial charge < -0.3 is 5.32 Å². The van der Waals surface area contributed by atoms with Crippen molar-refractivity contribution in [1.29, 1.82) is 0 Å². The molecule has 0 aliphatic rings. The number of hydrogen-bond acceptors (Lipinski definition) is 1. The van der Waals surface area contributed by atoms with E-state index in [4.69, 9.17) is 0 Å². The molecule has 0 saturated carbocycles. The molecular formula is C24H27N. The van der Waals surface area contributed by atoms with Crippen molar-refractivity contribution in [2.24, 2.45) is 0 Å². The fourth-order valence-electron chi connectivity index (χ4n) is 3.29. The van der Waals surface area contributed by atoms with E-state index in [9.17, 15) is 0 Å². The first-order chi connectivity index (χ1) is 12.1. The highest BCUT2D eigenvalue weighted by Gasteiger charge is 2.15. The Hall–Kier alpha value is -2.54. The van der Waals surface area contributed by atoms with Crippen molar-refractivity contribution in [3.05, 3.63) is 83.9 Å². The first-order valence-corrected chi connectivity index (χ1v) is 9.12. The molecule has 0 aliphatic heterocycles. The fourth-order valence-corrected chi connectivity index (χ4v) is 3.29. The highest BCUT2D eigenvalue weighted by atomic mass is 14.9. The molecule has 3 aromatic rings. The van der Waals surface area contributed by atoms with Crippen LogP contribution < -0.4 is 5.32 Å². The molecule has 0 spiro atoms. The monoisotopic (exact) mass is 329 g/mol. The molecule has 0 fully saturated rings. The van der Waals surface area contributed by atoms with Gasteiger partial charge in [-0.05, 0) is 34.6 Å². The average molecular weight is 329 g/mol. The molecule has 1 nitrogen and oxygen atoms in total. The summed E-state index contributed by atoms with van der Waals surface area (Å²) in [5.41, 5.74) is 7.62. The highest BCUT2D eigenvalue weighted by molar-refractivity contribution is 5.82. The Kier molecular flexibility index (Phi) is 5.23. The predicted octanol–water partition coefficient (Wildman–Crippen LogP) is 7.34. The fraction of sp³-hybridized carbons (Fsp3) is 0.250. The summed E-state index contributed by atoms with van der Waals surface area (Å²) in [5.74, 6) is 0.954. The minimum atomic E-state index is 0.477. The second-order valence-electron chi connectivity index (χ2n) is 7.16. The molecule has 0 radical (unpaired) electrons. The third-order valence-corrected chi connectivity index (χ3v) is 4.64. The smallest absolute Gasteiger partial charge is 0.0464 e. The molecule has 0 bridgehead atoms. The first kappa shape index (κ1) is 17.3. The lowest BCUT2D eigenvalue weighted by molar-refractivity contribution is 0.838. The lowest BCUT2D eigenvalue weighted by Crippen LogP contribution is -2.04. The Bertz CT molecular complexity index is 805. The number of nitrogens with one attached hydrogen (secondary N) is 1. The van der Waals surface area contributed by atoms with E-state index >= 15 is 0 Å². The highest BCUT2D eigenvalue weighted by Crippen LogP contribution is 2.37. The minimum Gasteiger partial charge on any atom is -0.355 e. The normalized spacial score (nSPS) is 11.1. The number of benzene rings is 3. The standard InChI is InChI=1S/C24H27N/c1-17(2)20-14-10-15-21(18(3)4)24(20)25-23-16-9-8-13-22(23)19-11-6-5-7-12-19/h5-18,25H,1-4H3. The summed E-state index contributed by atoms with van der Waals surface area (Å²) in [7, 11) is 0. The van der Waals surface area contributed by atoms with Crippen LogP contribution in [0.4, 0.5) is 11.4 Å².